The predicted molar refractivity (Wildman–Crippen MR) is 112 cm³/mol. The van der Waals surface area contributed by atoms with Gasteiger partial charge in [-0.2, -0.15) is 0 Å². The van der Waals surface area contributed by atoms with Crippen LogP contribution in [0, 0.1) is 5.41 Å². The number of nitrogens with two attached hydrogens (primary N) is 1. The molecule has 2 atom stereocenters. The van der Waals surface area contributed by atoms with Gasteiger partial charge in [-0.05, 0) is 36.9 Å². The number of aliphatic imine (C=N–C) groups is 1. The molecular weight excluding hydrogens is 400 g/mol. The number of amidine groups is 1. The third-order valence-corrected chi connectivity index (χ3v) is 6.82. The number of hydrogen-bond acceptors (Lipinski definition) is 5. The smallest absolute Gasteiger partial charge is 0.263 e. The summed E-state index contributed by atoms with van der Waals surface area (Å²) >= 11 is 0. The van der Waals surface area contributed by atoms with Gasteiger partial charge < -0.3 is 10.6 Å². The van der Waals surface area contributed by atoms with E-state index in [1.807, 2.05) is 4.90 Å². The molecule has 0 bridgehead atoms. The Hall–Kier alpha value is -1.64. The van der Waals surface area contributed by atoms with Gasteiger partial charge in [0.2, 0.25) is 5.91 Å². The molecule has 28 heavy (non-hydrogen) atoms. The average Bonchev–Trinajstić information content (AvgIpc) is 3.17. The normalized spacial score (nSPS) is 25.1. The highest BCUT2D eigenvalue weighted by atomic mass is 35.5. The van der Waals surface area contributed by atoms with Crippen LogP contribution in [-0.2, 0) is 14.8 Å². The number of fused-ring (bicyclic) bond motifs is 1. The summed E-state index contributed by atoms with van der Waals surface area (Å²) in [7, 11) is -3.61. The Morgan fingerprint density at radius 3 is 2.75 bits per heavy atom. The lowest BCUT2D eigenvalue weighted by Gasteiger charge is -2.25. The minimum Gasteiger partial charge on any atom is -0.340 e. The first-order valence-electron chi connectivity index (χ1n) is 9.48. The second kappa shape index (κ2) is 8.80. The minimum atomic E-state index is -3.61. The van der Waals surface area contributed by atoms with E-state index in [4.69, 9.17) is 5.73 Å². The SMILES string of the molecule is CCCCC(N=C1NS(=O)(=O)c2ccccc21)C(=O)N1CCC(C)(CN)C1.Cl. The monoisotopic (exact) mass is 428 g/mol. The summed E-state index contributed by atoms with van der Waals surface area (Å²) in [6.45, 7) is 5.98. The lowest BCUT2D eigenvalue weighted by molar-refractivity contribution is -0.132. The molecular formula is C19H29ClN4O3S. The van der Waals surface area contributed by atoms with Crippen LogP contribution in [0.5, 0.6) is 0 Å². The number of carbonyl (C=O) groups is 1. The Morgan fingerprint density at radius 1 is 1.39 bits per heavy atom. The molecule has 1 fully saturated rings. The minimum absolute atomic E-state index is 0. The van der Waals surface area contributed by atoms with Gasteiger partial charge in [-0.3, -0.25) is 14.5 Å². The standard InChI is InChI=1S/C19H28N4O3S.ClH/c1-3-4-8-15(18(24)23-11-10-19(2,12-20)13-23)21-17-14-7-5-6-9-16(14)27(25,26)22-17;/h5-7,9,15H,3-4,8,10-13,20H2,1-2H3,(H,21,22);1H. The fourth-order valence-corrected chi connectivity index (χ4v) is 4.85. The molecule has 156 valence electrons. The fourth-order valence-electron chi connectivity index (χ4n) is 3.62. The molecule has 7 nitrogen and oxygen atoms in total. The molecule has 2 aliphatic rings. The van der Waals surface area contributed by atoms with Crippen LogP contribution in [0.1, 0.15) is 45.1 Å². The molecule has 3 rings (SSSR count). The van der Waals surface area contributed by atoms with Gasteiger partial charge in [-0.1, -0.05) is 38.8 Å². The number of sulfonamides is 1. The van der Waals surface area contributed by atoms with Gasteiger partial charge in [0.05, 0.1) is 4.90 Å². The Labute approximate surface area is 173 Å². The van der Waals surface area contributed by atoms with Crippen LogP contribution in [-0.4, -0.2) is 50.7 Å². The number of halogens is 1. The van der Waals surface area contributed by atoms with Gasteiger partial charge in [0.1, 0.15) is 11.9 Å². The number of amides is 1. The van der Waals surface area contributed by atoms with Crippen LogP contribution in [0.4, 0.5) is 0 Å². The van der Waals surface area contributed by atoms with Crippen LogP contribution in [0.25, 0.3) is 0 Å². The molecule has 0 aromatic heterocycles. The molecule has 0 spiro atoms. The van der Waals surface area contributed by atoms with Crippen LogP contribution in [0.2, 0.25) is 0 Å². The molecule has 1 saturated heterocycles. The highest BCUT2D eigenvalue weighted by Gasteiger charge is 2.38. The van der Waals surface area contributed by atoms with E-state index in [1.54, 1.807) is 24.3 Å². The van der Waals surface area contributed by atoms with Crippen molar-refractivity contribution in [1.29, 1.82) is 0 Å². The lowest BCUT2D eigenvalue weighted by Crippen LogP contribution is -2.40. The van der Waals surface area contributed by atoms with Crippen molar-refractivity contribution >= 4 is 34.2 Å². The van der Waals surface area contributed by atoms with Crippen molar-refractivity contribution in [2.24, 2.45) is 16.1 Å². The van der Waals surface area contributed by atoms with Gasteiger partial charge >= 0.3 is 0 Å². The summed E-state index contributed by atoms with van der Waals surface area (Å²) in [5.74, 6) is 0.220. The fraction of sp³-hybridized carbons (Fsp3) is 0.579. The first kappa shape index (κ1) is 22.6. The number of benzene rings is 1. The molecule has 2 aliphatic heterocycles. The molecule has 9 heteroatoms. The van der Waals surface area contributed by atoms with E-state index in [0.29, 0.717) is 31.6 Å². The van der Waals surface area contributed by atoms with Crippen molar-refractivity contribution in [1.82, 2.24) is 9.62 Å². The number of unbranched alkanes of at least 4 members (excludes halogenated alkanes) is 1. The number of rotatable bonds is 6. The van der Waals surface area contributed by atoms with Gasteiger partial charge in [-0.25, -0.2) is 8.42 Å². The highest BCUT2D eigenvalue weighted by Crippen LogP contribution is 2.30. The Morgan fingerprint density at radius 2 is 2.11 bits per heavy atom. The summed E-state index contributed by atoms with van der Waals surface area (Å²) in [5.41, 5.74) is 6.33. The van der Waals surface area contributed by atoms with Crippen LogP contribution < -0.4 is 10.5 Å². The van der Waals surface area contributed by atoms with Crippen molar-refractivity contribution in [3.05, 3.63) is 29.8 Å². The molecule has 2 heterocycles. The number of carbonyl (C=O) groups excluding carboxylic acids is 1. The molecule has 3 N–H and O–H groups in total. The van der Waals surface area contributed by atoms with Crippen LogP contribution >= 0.6 is 12.4 Å². The number of nitrogens with one attached hydrogen (secondary N) is 1. The summed E-state index contributed by atoms with van der Waals surface area (Å²) in [6.07, 6.45) is 3.27. The number of hydrogen-bond donors (Lipinski definition) is 2. The van der Waals surface area contributed by atoms with E-state index in [0.717, 1.165) is 19.3 Å². The zero-order chi connectivity index (χ0) is 19.7. The molecule has 0 radical (unpaired) electrons. The van der Waals surface area contributed by atoms with Gasteiger partial charge in [0, 0.05) is 18.7 Å². The Kier molecular flexibility index (Phi) is 7.12. The van der Waals surface area contributed by atoms with Crippen LogP contribution in [0.15, 0.2) is 34.2 Å². The second-order valence-corrected chi connectivity index (χ2v) is 9.41. The number of nitrogens with zero attached hydrogens (tertiary/aromatic N) is 2. The van der Waals surface area contributed by atoms with E-state index < -0.39 is 16.1 Å². The second-order valence-electron chi connectivity index (χ2n) is 7.76. The van der Waals surface area contributed by atoms with E-state index in [1.165, 1.54) is 0 Å². The molecule has 1 aromatic rings. The maximum atomic E-state index is 13.1. The van der Waals surface area contributed by atoms with E-state index in [2.05, 4.69) is 23.6 Å². The lowest BCUT2D eigenvalue weighted by atomic mass is 9.90. The highest BCUT2D eigenvalue weighted by molar-refractivity contribution is 7.90. The summed E-state index contributed by atoms with van der Waals surface area (Å²) < 4.78 is 27.1. The zero-order valence-electron chi connectivity index (χ0n) is 16.3. The third-order valence-electron chi connectivity index (χ3n) is 5.43. The Bertz CT molecular complexity index is 858. The zero-order valence-corrected chi connectivity index (χ0v) is 18.0. The van der Waals surface area contributed by atoms with E-state index in [-0.39, 0.29) is 34.5 Å². The summed E-state index contributed by atoms with van der Waals surface area (Å²) in [5, 5.41) is 0. The van der Waals surface area contributed by atoms with Gasteiger partial charge in [0.25, 0.3) is 10.0 Å². The average molecular weight is 429 g/mol. The topological polar surface area (TPSA) is 105 Å². The maximum absolute atomic E-state index is 13.1. The van der Waals surface area contributed by atoms with Crippen molar-refractivity contribution in [2.45, 2.75) is 50.5 Å². The summed E-state index contributed by atoms with van der Waals surface area (Å²) in [4.78, 5) is 19.7. The molecule has 2 unspecified atom stereocenters. The Balaban J connectivity index is 0.00000280. The maximum Gasteiger partial charge on any atom is 0.263 e. The number of likely N-dealkylation sites (tertiary alicyclic amines) is 1. The van der Waals surface area contributed by atoms with Crippen molar-refractivity contribution in [3.63, 3.8) is 0 Å². The quantitative estimate of drug-likeness (QED) is 0.721. The van der Waals surface area contributed by atoms with Crippen molar-refractivity contribution in [3.8, 4) is 0 Å². The van der Waals surface area contributed by atoms with Crippen LogP contribution in [0.3, 0.4) is 0 Å². The predicted octanol–water partition coefficient (Wildman–Crippen LogP) is 1.90. The molecule has 1 amide bonds. The van der Waals surface area contributed by atoms with Crippen molar-refractivity contribution in [2.75, 3.05) is 19.6 Å². The molecule has 0 aliphatic carbocycles. The largest absolute Gasteiger partial charge is 0.340 e. The molecule has 1 aromatic carbocycles. The van der Waals surface area contributed by atoms with Gasteiger partial charge in [0.15, 0.2) is 0 Å². The van der Waals surface area contributed by atoms with E-state index in [9.17, 15) is 13.2 Å². The first-order valence-corrected chi connectivity index (χ1v) is 11.0. The summed E-state index contributed by atoms with van der Waals surface area (Å²) in [6, 6.07) is 6.13. The third kappa shape index (κ3) is 4.50. The van der Waals surface area contributed by atoms with Crippen molar-refractivity contribution < 1.29 is 13.2 Å². The van der Waals surface area contributed by atoms with Gasteiger partial charge in [-0.15, -0.1) is 12.4 Å². The first-order chi connectivity index (χ1) is 12.8. The molecule has 0 saturated carbocycles. The van der Waals surface area contributed by atoms with E-state index >= 15 is 0 Å².